The van der Waals surface area contributed by atoms with Crippen molar-refractivity contribution in [2.45, 2.75) is 51.6 Å². The summed E-state index contributed by atoms with van der Waals surface area (Å²) in [5, 5.41) is 3.41. The minimum Gasteiger partial charge on any atom is -0.316 e. The molecule has 1 atom stereocenters. The van der Waals surface area contributed by atoms with E-state index in [0.717, 1.165) is 51.4 Å². The second-order valence-corrected chi connectivity index (χ2v) is 7.75. The minimum atomic E-state index is 0.503. The second kappa shape index (κ2) is 7.22. The minimum absolute atomic E-state index is 0.503. The van der Waals surface area contributed by atoms with Gasteiger partial charge in [-0.25, -0.2) is 9.97 Å². The first-order valence-corrected chi connectivity index (χ1v) is 9.55. The molecule has 4 nitrogen and oxygen atoms in total. The maximum absolute atomic E-state index is 4.89. The molecule has 0 amide bonds. The topological polar surface area (TPSA) is 41.1 Å². The van der Waals surface area contributed by atoms with Crippen LogP contribution in [0.5, 0.6) is 0 Å². The highest BCUT2D eigenvalue weighted by Crippen LogP contribution is 2.24. The van der Waals surface area contributed by atoms with Crippen LogP contribution in [0.25, 0.3) is 0 Å². The van der Waals surface area contributed by atoms with Crippen LogP contribution in [0.2, 0.25) is 0 Å². The molecule has 132 valence electrons. The number of nitrogens with one attached hydrogen (secondary N) is 1. The summed E-state index contributed by atoms with van der Waals surface area (Å²) < 4.78 is 0. The Hall–Kier alpha value is -1.78. The summed E-state index contributed by atoms with van der Waals surface area (Å²) in [6, 6.07) is 9.08. The van der Waals surface area contributed by atoms with Gasteiger partial charge in [0.25, 0.3) is 0 Å². The monoisotopic (exact) mass is 336 g/mol. The van der Waals surface area contributed by atoms with E-state index in [1.54, 1.807) is 0 Å². The van der Waals surface area contributed by atoms with Gasteiger partial charge in [-0.2, -0.15) is 0 Å². The third kappa shape index (κ3) is 3.75. The van der Waals surface area contributed by atoms with Gasteiger partial charge in [-0.1, -0.05) is 38.1 Å². The zero-order chi connectivity index (χ0) is 17.2. The summed E-state index contributed by atoms with van der Waals surface area (Å²) in [5.74, 6) is 2.14. The summed E-state index contributed by atoms with van der Waals surface area (Å²) in [7, 11) is 0. The summed E-state index contributed by atoms with van der Waals surface area (Å²) >= 11 is 0. The van der Waals surface area contributed by atoms with Crippen LogP contribution in [-0.4, -0.2) is 34.5 Å². The molecule has 1 N–H and O–H groups in total. The van der Waals surface area contributed by atoms with Crippen LogP contribution in [0.15, 0.2) is 30.5 Å². The van der Waals surface area contributed by atoms with E-state index >= 15 is 0 Å². The fourth-order valence-corrected chi connectivity index (χ4v) is 3.86. The smallest absolute Gasteiger partial charge is 0.132 e. The average Bonchev–Trinajstić information content (AvgIpc) is 3.16. The number of hydrogen-bond acceptors (Lipinski definition) is 4. The van der Waals surface area contributed by atoms with Crippen LogP contribution in [0.3, 0.4) is 0 Å². The number of nitrogens with zero attached hydrogens (tertiary/aromatic N) is 3. The van der Waals surface area contributed by atoms with Crippen molar-refractivity contribution in [3.63, 3.8) is 0 Å². The SMILES string of the molecule is CC(C)c1ccc(CN2CCc3nc([C@@H]4CCNC4)ncc3C2)cc1. The normalized spacial score (nSPS) is 20.8. The van der Waals surface area contributed by atoms with E-state index in [2.05, 4.69) is 59.5 Å². The van der Waals surface area contributed by atoms with Crippen molar-refractivity contribution in [3.8, 4) is 0 Å². The third-order valence-corrected chi connectivity index (χ3v) is 5.51. The molecule has 4 heteroatoms. The van der Waals surface area contributed by atoms with Crippen molar-refractivity contribution < 1.29 is 0 Å². The molecule has 25 heavy (non-hydrogen) atoms. The Bertz CT molecular complexity index is 717. The number of hydrogen-bond donors (Lipinski definition) is 1. The third-order valence-electron chi connectivity index (χ3n) is 5.51. The van der Waals surface area contributed by atoms with E-state index in [-0.39, 0.29) is 0 Å². The molecule has 0 aliphatic carbocycles. The molecule has 1 aromatic carbocycles. The van der Waals surface area contributed by atoms with E-state index in [1.165, 1.54) is 22.4 Å². The second-order valence-electron chi connectivity index (χ2n) is 7.75. The molecule has 0 spiro atoms. The van der Waals surface area contributed by atoms with Crippen molar-refractivity contribution in [2.75, 3.05) is 19.6 Å². The Kier molecular flexibility index (Phi) is 4.82. The van der Waals surface area contributed by atoms with E-state index in [4.69, 9.17) is 4.98 Å². The molecule has 0 unspecified atom stereocenters. The molecular formula is C21H28N4. The summed E-state index contributed by atoms with van der Waals surface area (Å²) in [5.41, 5.74) is 5.38. The number of benzene rings is 1. The highest BCUT2D eigenvalue weighted by Gasteiger charge is 2.23. The van der Waals surface area contributed by atoms with Gasteiger partial charge in [0.1, 0.15) is 5.82 Å². The van der Waals surface area contributed by atoms with Gasteiger partial charge in [-0.15, -0.1) is 0 Å². The number of rotatable bonds is 4. The van der Waals surface area contributed by atoms with Crippen LogP contribution >= 0.6 is 0 Å². The van der Waals surface area contributed by atoms with Crippen LogP contribution in [0.1, 0.15) is 60.3 Å². The van der Waals surface area contributed by atoms with Crippen LogP contribution in [-0.2, 0) is 19.5 Å². The van der Waals surface area contributed by atoms with Gasteiger partial charge in [-0.3, -0.25) is 4.90 Å². The van der Waals surface area contributed by atoms with Crippen molar-refractivity contribution in [1.82, 2.24) is 20.2 Å². The molecule has 2 aromatic rings. The van der Waals surface area contributed by atoms with Crippen LogP contribution in [0.4, 0.5) is 0 Å². The summed E-state index contributed by atoms with van der Waals surface area (Å²) in [6.45, 7) is 9.65. The van der Waals surface area contributed by atoms with Gasteiger partial charge in [0, 0.05) is 56.0 Å². The molecule has 3 heterocycles. The van der Waals surface area contributed by atoms with E-state index in [0.29, 0.717) is 11.8 Å². The van der Waals surface area contributed by atoms with Crippen molar-refractivity contribution in [1.29, 1.82) is 0 Å². The zero-order valence-corrected chi connectivity index (χ0v) is 15.3. The van der Waals surface area contributed by atoms with Crippen LogP contribution < -0.4 is 5.32 Å². The molecule has 0 bridgehead atoms. The van der Waals surface area contributed by atoms with Crippen molar-refractivity contribution in [3.05, 3.63) is 58.7 Å². The Morgan fingerprint density at radius 1 is 1.24 bits per heavy atom. The predicted octanol–water partition coefficient (Wildman–Crippen LogP) is 3.24. The molecule has 1 saturated heterocycles. The lowest BCUT2D eigenvalue weighted by atomic mass is 10.0. The lowest BCUT2D eigenvalue weighted by Crippen LogP contribution is -2.31. The summed E-state index contributed by atoms with van der Waals surface area (Å²) in [4.78, 5) is 12.1. The fraction of sp³-hybridized carbons (Fsp3) is 0.524. The lowest BCUT2D eigenvalue weighted by molar-refractivity contribution is 0.242. The van der Waals surface area contributed by atoms with Gasteiger partial charge in [0.2, 0.25) is 0 Å². The highest BCUT2D eigenvalue weighted by molar-refractivity contribution is 5.26. The van der Waals surface area contributed by atoms with Crippen molar-refractivity contribution in [2.24, 2.45) is 0 Å². The van der Waals surface area contributed by atoms with Crippen molar-refractivity contribution >= 4 is 0 Å². The van der Waals surface area contributed by atoms with Gasteiger partial charge in [0.05, 0.1) is 0 Å². The Morgan fingerprint density at radius 3 is 2.80 bits per heavy atom. The molecule has 0 radical (unpaired) electrons. The number of fused-ring (bicyclic) bond motifs is 1. The molecule has 1 aromatic heterocycles. The Balaban J connectivity index is 1.42. The van der Waals surface area contributed by atoms with Gasteiger partial charge in [0.15, 0.2) is 0 Å². The Labute approximate surface area is 150 Å². The van der Waals surface area contributed by atoms with E-state index in [9.17, 15) is 0 Å². The highest BCUT2D eigenvalue weighted by atomic mass is 15.1. The zero-order valence-electron chi connectivity index (χ0n) is 15.3. The first-order chi connectivity index (χ1) is 12.2. The maximum Gasteiger partial charge on any atom is 0.132 e. The number of aromatic nitrogens is 2. The molecular weight excluding hydrogens is 308 g/mol. The van der Waals surface area contributed by atoms with Gasteiger partial charge < -0.3 is 5.32 Å². The standard InChI is InChI=1S/C21H28N4/c1-15(2)17-5-3-16(4-6-17)13-25-10-8-20-19(14-25)12-23-21(24-20)18-7-9-22-11-18/h3-6,12,15,18,22H,7-11,13-14H2,1-2H3/t18-/m1/s1. The van der Waals surface area contributed by atoms with E-state index < -0.39 is 0 Å². The first kappa shape index (κ1) is 16.7. The largest absolute Gasteiger partial charge is 0.316 e. The fourth-order valence-electron chi connectivity index (χ4n) is 3.86. The molecule has 2 aliphatic rings. The average molecular weight is 336 g/mol. The molecule has 1 fully saturated rings. The molecule has 0 saturated carbocycles. The summed E-state index contributed by atoms with van der Waals surface area (Å²) in [6.07, 6.45) is 4.27. The molecule has 2 aliphatic heterocycles. The van der Waals surface area contributed by atoms with Gasteiger partial charge >= 0.3 is 0 Å². The Morgan fingerprint density at radius 2 is 2.08 bits per heavy atom. The lowest BCUT2D eigenvalue weighted by Gasteiger charge is -2.28. The van der Waals surface area contributed by atoms with Crippen LogP contribution in [0, 0.1) is 0 Å². The predicted molar refractivity (Wildman–Crippen MR) is 101 cm³/mol. The maximum atomic E-state index is 4.89. The molecule has 4 rings (SSSR count). The first-order valence-electron chi connectivity index (χ1n) is 9.55. The quantitative estimate of drug-likeness (QED) is 0.931. The van der Waals surface area contributed by atoms with E-state index in [1.807, 2.05) is 0 Å². The van der Waals surface area contributed by atoms with Gasteiger partial charge in [-0.05, 0) is 30.0 Å².